The highest BCUT2D eigenvalue weighted by atomic mass is 32.2. The number of likely N-dealkylation sites (N-methyl/N-ethyl adjacent to an activating group) is 1. The summed E-state index contributed by atoms with van der Waals surface area (Å²) in [6, 6.07) is 5.99. The van der Waals surface area contributed by atoms with Gasteiger partial charge in [0.2, 0.25) is 0 Å². The van der Waals surface area contributed by atoms with Gasteiger partial charge in [0.1, 0.15) is 0 Å². The van der Waals surface area contributed by atoms with Crippen molar-refractivity contribution in [2.75, 3.05) is 12.3 Å². The lowest BCUT2D eigenvalue weighted by atomic mass is 9.98. The molecular weight excluding hydrogens is 295 g/mol. The topological polar surface area (TPSA) is 12.0 Å². The number of rotatable bonds is 5. The highest BCUT2D eigenvalue weighted by Gasteiger charge is 2.31. The van der Waals surface area contributed by atoms with Gasteiger partial charge in [-0.05, 0) is 43.2 Å². The predicted molar refractivity (Wildman–Crippen MR) is 82.7 cm³/mol. The van der Waals surface area contributed by atoms with Gasteiger partial charge in [-0.25, -0.2) is 0 Å². The Kier molecular flexibility index (Phi) is 5.99. The lowest BCUT2D eigenvalue weighted by Gasteiger charge is -2.30. The molecule has 1 nitrogen and oxygen atoms in total. The van der Waals surface area contributed by atoms with E-state index in [1.807, 2.05) is 18.7 Å². The molecule has 1 fully saturated rings. The first-order valence-electron chi connectivity index (χ1n) is 7.52. The molecule has 0 radical (unpaired) electrons. The number of halogens is 3. The summed E-state index contributed by atoms with van der Waals surface area (Å²) in [6.07, 6.45) is 0.0335. The number of hydrogen-bond donors (Lipinski definition) is 1. The molecule has 0 aliphatic carbocycles. The van der Waals surface area contributed by atoms with Crippen LogP contribution in [0.25, 0.3) is 0 Å². The number of thioether (sulfide) groups is 1. The Labute approximate surface area is 128 Å². The van der Waals surface area contributed by atoms with Crippen LogP contribution in [-0.4, -0.2) is 23.6 Å². The summed E-state index contributed by atoms with van der Waals surface area (Å²) in [5.41, 5.74) is 0.216. The zero-order valence-electron chi connectivity index (χ0n) is 12.2. The van der Waals surface area contributed by atoms with E-state index in [2.05, 4.69) is 5.32 Å². The van der Waals surface area contributed by atoms with Crippen LogP contribution in [0.4, 0.5) is 13.2 Å². The van der Waals surface area contributed by atoms with Gasteiger partial charge in [0.25, 0.3) is 0 Å². The maximum Gasteiger partial charge on any atom is 0.416 e. The normalized spacial score (nSPS) is 21.2. The molecule has 0 amide bonds. The summed E-state index contributed by atoms with van der Waals surface area (Å²) in [7, 11) is 0. The largest absolute Gasteiger partial charge is 0.416 e. The highest BCUT2D eigenvalue weighted by Crippen LogP contribution is 2.32. The third-order valence-corrected chi connectivity index (χ3v) is 5.36. The second-order valence-electron chi connectivity index (χ2n) is 5.47. The van der Waals surface area contributed by atoms with Crippen LogP contribution in [0.5, 0.6) is 0 Å². The van der Waals surface area contributed by atoms with E-state index in [1.165, 1.54) is 25.0 Å². The zero-order valence-corrected chi connectivity index (χ0v) is 13.1. The average Bonchev–Trinajstić information content (AvgIpc) is 2.47. The van der Waals surface area contributed by atoms with E-state index in [-0.39, 0.29) is 6.04 Å². The number of alkyl halides is 3. The van der Waals surface area contributed by atoms with Gasteiger partial charge in [0.05, 0.1) is 5.56 Å². The molecule has 2 atom stereocenters. The van der Waals surface area contributed by atoms with Crippen LogP contribution in [-0.2, 0) is 12.6 Å². The van der Waals surface area contributed by atoms with Gasteiger partial charge < -0.3 is 5.32 Å². The molecule has 0 aromatic heterocycles. The van der Waals surface area contributed by atoms with Crippen LogP contribution in [0, 0.1) is 0 Å². The average molecular weight is 317 g/mol. The van der Waals surface area contributed by atoms with Crippen LogP contribution in [0.3, 0.4) is 0 Å². The second kappa shape index (κ2) is 7.54. The van der Waals surface area contributed by atoms with E-state index in [0.29, 0.717) is 11.7 Å². The zero-order chi connectivity index (χ0) is 15.3. The summed E-state index contributed by atoms with van der Waals surface area (Å²) in [5.74, 6) is 1.16. The molecule has 118 valence electrons. The second-order valence-corrected chi connectivity index (χ2v) is 6.82. The molecular formula is C16H22F3NS. The minimum absolute atomic E-state index is 0.254. The Hall–Kier alpha value is -0.680. The molecule has 1 aromatic rings. The molecule has 1 aliphatic rings. The molecule has 0 saturated carbocycles. The van der Waals surface area contributed by atoms with Crippen molar-refractivity contribution in [3.05, 3.63) is 35.4 Å². The summed E-state index contributed by atoms with van der Waals surface area (Å²) in [4.78, 5) is 0. The fourth-order valence-electron chi connectivity index (χ4n) is 2.81. The van der Waals surface area contributed by atoms with Crippen LogP contribution in [0.2, 0.25) is 0 Å². The summed E-state index contributed by atoms with van der Waals surface area (Å²) >= 11 is 1.96. The third kappa shape index (κ3) is 4.92. The van der Waals surface area contributed by atoms with Crippen LogP contribution in [0.1, 0.15) is 37.3 Å². The van der Waals surface area contributed by atoms with E-state index in [4.69, 9.17) is 0 Å². The van der Waals surface area contributed by atoms with Gasteiger partial charge in [0.15, 0.2) is 0 Å². The molecule has 1 N–H and O–H groups in total. The van der Waals surface area contributed by atoms with Crippen LogP contribution in [0.15, 0.2) is 24.3 Å². The molecule has 5 heteroatoms. The van der Waals surface area contributed by atoms with Crippen molar-refractivity contribution in [2.24, 2.45) is 0 Å². The lowest BCUT2D eigenvalue weighted by molar-refractivity contribution is -0.137. The lowest BCUT2D eigenvalue weighted by Crippen LogP contribution is -2.41. The van der Waals surface area contributed by atoms with Crippen molar-refractivity contribution in [3.8, 4) is 0 Å². The molecule has 2 unspecified atom stereocenters. The standard InChI is InChI=1S/C16H22F3NS/c1-2-20-14(15-8-3-4-9-21-15)11-12-6-5-7-13(10-12)16(17,18)19/h5-7,10,14-15,20H,2-4,8-9,11H2,1H3. The Morgan fingerprint density at radius 2 is 2.14 bits per heavy atom. The van der Waals surface area contributed by atoms with Crippen molar-refractivity contribution in [1.82, 2.24) is 5.32 Å². The minimum Gasteiger partial charge on any atom is -0.313 e. The predicted octanol–water partition coefficient (Wildman–Crippen LogP) is 4.51. The SMILES string of the molecule is CCNC(Cc1cccc(C(F)(F)F)c1)C1CCCCS1. The highest BCUT2D eigenvalue weighted by molar-refractivity contribution is 8.00. The molecule has 0 bridgehead atoms. The molecule has 2 rings (SSSR count). The number of benzene rings is 1. The fourth-order valence-corrected chi connectivity index (χ4v) is 4.24. The Morgan fingerprint density at radius 3 is 2.76 bits per heavy atom. The van der Waals surface area contributed by atoms with Crippen molar-refractivity contribution in [1.29, 1.82) is 0 Å². The third-order valence-electron chi connectivity index (χ3n) is 3.84. The van der Waals surface area contributed by atoms with Crippen LogP contribution >= 0.6 is 11.8 Å². The van der Waals surface area contributed by atoms with Gasteiger partial charge in [-0.1, -0.05) is 31.5 Å². The van der Waals surface area contributed by atoms with Gasteiger partial charge >= 0.3 is 6.18 Å². The van der Waals surface area contributed by atoms with E-state index in [0.717, 1.165) is 30.3 Å². The summed E-state index contributed by atoms with van der Waals surface area (Å²) in [6.45, 7) is 2.90. The molecule has 1 aliphatic heterocycles. The Balaban J connectivity index is 2.09. The molecule has 0 spiro atoms. The maximum absolute atomic E-state index is 12.8. The smallest absolute Gasteiger partial charge is 0.313 e. The number of hydrogen-bond acceptors (Lipinski definition) is 2. The molecule has 1 saturated heterocycles. The van der Waals surface area contributed by atoms with E-state index < -0.39 is 11.7 Å². The monoisotopic (exact) mass is 317 g/mol. The van der Waals surface area contributed by atoms with E-state index >= 15 is 0 Å². The molecule has 1 aromatic carbocycles. The molecule has 1 heterocycles. The fraction of sp³-hybridized carbons (Fsp3) is 0.625. The first-order chi connectivity index (χ1) is 10.0. The quantitative estimate of drug-likeness (QED) is 0.857. The maximum atomic E-state index is 12.8. The minimum atomic E-state index is -4.26. The molecule has 21 heavy (non-hydrogen) atoms. The Bertz CT molecular complexity index is 441. The van der Waals surface area contributed by atoms with Crippen molar-refractivity contribution in [3.63, 3.8) is 0 Å². The van der Waals surface area contributed by atoms with Crippen molar-refractivity contribution >= 4 is 11.8 Å². The van der Waals surface area contributed by atoms with Crippen molar-refractivity contribution in [2.45, 2.75) is 50.1 Å². The summed E-state index contributed by atoms with van der Waals surface area (Å²) in [5, 5.41) is 3.96. The first-order valence-corrected chi connectivity index (χ1v) is 8.56. The van der Waals surface area contributed by atoms with Crippen molar-refractivity contribution < 1.29 is 13.2 Å². The van der Waals surface area contributed by atoms with E-state index in [1.54, 1.807) is 6.07 Å². The van der Waals surface area contributed by atoms with Gasteiger partial charge in [-0.2, -0.15) is 24.9 Å². The summed E-state index contributed by atoms with van der Waals surface area (Å²) < 4.78 is 38.4. The van der Waals surface area contributed by atoms with Gasteiger partial charge in [-0.15, -0.1) is 0 Å². The number of nitrogens with one attached hydrogen (secondary N) is 1. The first kappa shape index (κ1) is 16.7. The van der Waals surface area contributed by atoms with Gasteiger partial charge in [-0.3, -0.25) is 0 Å². The Morgan fingerprint density at radius 1 is 1.33 bits per heavy atom. The van der Waals surface area contributed by atoms with Gasteiger partial charge in [0, 0.05) is 11.3 Å². The van der Waals surface area contributed by atoms with E-state index in [9.17, 15) is 13.2 Å². The van der Waals surface area contributed by atoms with Crippen LogP contribution < -0.4 is 5.32 Å².